The summed E-state index contributed by atoms with van der Waals surface area (Å²) in [6.07, 6.45) is -2.53. The van der Waals surface area contributed by atoms with Crippen LogP contribution < -0.4 is 10.5 Å². The predicted molar refractivity (Wildman–Crippen MR) is 105 cm³/mol. The third-order valence-corrected chi connectivity index (χ3v) is 4.77. The molecular formula is C23H19F2NO. The molecule has 0 saturated heterocycles. The van der Waals surface area contributed by atoms with Crippen molar-refractivity contribution in [3.05, 3.63) is 94.5 Å². The Hall–Kier alpha value is -3.14. The van der Waals surface area contributed by atoms with Gasteiger partial charge in [0.1, 0.15) is 12.4 Å². The summed E-state index contributed by atoms with van der Waals surface area (Å²) in [4.78, 5) is 0. The van der Waals surface area contributed by atoms with Crippen molar-refractivity contribution in [2.45, 2.75) is 13.3 Å². The summed E-state index contributed by atoms with van der Waals surface area (Å²) in [6, 6.07) is 20.4. The van der Waals surface area contributed by atoms with Gasteiger partial charge in [-0.25, -0.2) is 8.78 Å². The highest BCUT2D eigenvalue weighted by atomic mass is 19.3. The molecule has 0 aromatic heterocycles. The minimum atomic E-state index is -2.53. The van der Waals surface area contributed by atoms with Crippen LogP contribution >= 0.6 is 0 Å². The number of fused-ring (bicyclic) bond motifs is 1. The molecule has 0 bridgehead atoms. The molecule has 1 aliphatic rings. The summed E-state index contributed by atoms with van der Waals surface area (Å²) in [6.45, 7) is 2.36. The molecule has 0 fully saturated rings. The molecule has 2 nitrogen and oxygen atoms in total. The van der Waals surface area contributed by atoms with Gasteiger partial charge < -0.3 is 10.5 Å². The average molecular weight is 363 g/mol. The Kier molecular flexibility index (Phi) is 4.40. The van der Waals surface area contributed by atoms with E-state index in [4.69, 9.17) is 10.5 Å². The van der Waals surface area contributed by atoms with Crippen LogP contribution in [0.5, 0.6) is 5.75 Å². The highest BCUT2D eigenvalue weighted by Gasteiger charge is 2.24. The van der Waals surface area contributed by atoms with Gasteiger partial charge in [0.05, 0.1) is 0 Å². The van der Waals surface area contributed by atoms with Crippen LogP contribution in [-0.4, -0.2) is 6.61 Å². The standard InChI is InChI=1S/C23H19F2NO/c1-14-3-2-4-16(11-14)20-13-27-21-12-17(23(24)25)7-10-19(21)22(20)15-5-8-18(26)9-6-15/h2-12,23H,13,26H2,1H3. The fourth-order valence-corrected chi connectivity index (χ4v) is 3.43. The van der Waals surface area contributed by atoms with Gasteiger partial charge in [0.15, 0.2) is 0 Å². The molecule has 0 radical (unpaired) electrons. The zero-order valence-corrected chi connectivity index (χ0v) is 14.9. The number of nitrogens with two attached hydrogens (primary N) is 1. The maximum Gasteiger partial charge on any atom is 0.263 e. The molecule has 1 aliphatic heterocycles. The molecule has 1 heterocycles. The molecule has 0 unspecified atom stereocenters. The predicted octanol–water partition coefficient (Wildman–Crippen LogP) is 5.87. The fourth-order valence-electron chi connectivity index (χ4n) is 3.43. The van der Waals surface area contributed by atoms with Gasteiger partial charge in [-0.2, -0.15) is 0 Å². The minimum absolute atomic E-state index is 0.0376. The van der Waals surface area contributed by atoms with E-state index in [-0.39, 0.29) is 5.56 Å². The average Bonchev–Trinajstić information content (AvgIpc) is 2.67. The molecule has 4 heteroatoms. The van der Waals surface area contributed by atoms with Crippen LogP contribution in [-0.2, 0) is 0 Å². The smallest absolute Gasteiger partial charge is 0.263 e. The Bertz CT molecular complexity index is 1020. The minimum Gasteiger partial charge on any atom is -0.488 e. The fraction of sp³-hybridized carbons (Fsp3) is 0.130. The highest BCUT2D eigenvalue weighted by Crippen LogP contribution is 2.42. The van der Waals surface area contributed by atoms with Gasteiger partial charge in [0.25, 0.3) is 6.43 Å². The molecule has 4 rings (SSSR count). The SMILES string of the molecule is Cc1cccc(C2=C(c3ccc(N)cc3)c3ccc(C(F)F)cc3OC2)c1. The number of anilines is 1. The Labute approximate surface area is 156 Å². The second kappa shape index (κ2) is 6.88. The molecule has 27 heavy (non-hydrogen) atoms. The molecule has 0 spiro atoms. The van der Waals surface area contributed by atoms with Gasteiger partial charge in [-0.15, -0.1) is 0 Å². The van der Waals surface area contributed by atoms with Gasteiger partial charge in [0, 0.05) is 22.4 Å². The lowest BCUT2D eigenvalue weighted by Gasteiger charge is -2.26. The zero-order valence-electron chi connectivity index (χ0n) is 14.9. The van der Waals surface area contributed by atoms with Crippen LogP contribution in [0.25, 0.3) is 11.1 Å². The number of ether oxygens (including phenoxy) is 1. The van der Waals surface area contributed by atoms with Crippen molar-refractivity contribution in [3.8, 4) is 5.75 Å². The lowest BCUT2D eigenvalue weighted by Crippen LogP contribution is -2.12. The number of rotatable bonds is 3. The van der Waals surface area contributed by atoms with E-state index in [9.17, 15) is 8.78 Å². The van der Waals surface area contributed by atoms with E-state index in [2.05, 4.69) is 6.07 Å². The number of benzene rings is 3. The van der Waals surface area contributed by atoms with E-state index >= 15 is 0 Å². The van der Waals surface area contributed by atoms with Gasteiger partial charge in [0.2, 0.25) is 0 Å². The van der Waals surface area contributed by atoms with Gasteiger partial charge in [-0.05, 0) is 41.8 Å². The third kappa shape index (κ3) is 3.31. The number of aryl methyl sites for hydroxylation is 1. The van der Waals surface area contributed by atoms with Gasteiger partial charge in [-0.1, -0.05) is 54.1 Å². The second-order valence-corrected chi connectivity index (χ2v) is 6.69. The molecule has 0 aliphatic carbocycles. The third-order valence-electron chi connectivity index (χ3n) is 4.77. The maximum atomic E-state index is 13.1. The zero-order chi connectivity index (χ0) is 19.0. The van der Waals surface area contributed by atoms with Crippen LogP contribution in [0, 0.1) is 6.92 Å². The molecule has 0 atom stereocenters. The summed E-state index contributed by atoms with van der Waals surface area (Å²) >= 11 is 0. The number of hydrogen-bond donors (Lipinski definition) is 1. The first-order valence-electron chi connectivity index (χ1n) is 8.74. The summed E-state index contributed by atoms with van der Waals surface area (Å²) in [5, 5.41) is 0. The molecular weight excluding hydrogens is 344 g/mol. The normalized spacial score (nSPS) is 13.5. The van der Waals surface area contributed by atoms with Crippen molar-refractivity contribution in [2.75, 3.05) is 12.3 Å². The lowest BCUT2D eigenvalue weighted by atomic mass is 9.87. The van der Waals surface area contributed by atoms with Crippen LogP contribution in [0.4, 0.5) is 14.5 Å². The second-order valence-electron chi connectivity index (χ2n) is 6.69. The van der Waals surface area contributed by atoms with Crippen molar-refractivity contribution in [1.82, 2.24) is 0 Å². The number of hydrogen-bond acceptors (Lipinski definition) is 2. The van der Waals surface area contributed by atoms with Crippen molar-refractivity contribution in [1.29, 1.82) is 0 Å². The van der Waals surface area contributed by atoms with E-state index in [0.29, 0.717) is 18.0 Å². The highest BCUT2D eigenvalue weighted by molar-refractivity contribution is 6.01. The first kappa shape index (κ1) is 17.3. The van der Waals surface area contributed by atoms with Crippen LogP contribution in [0.1, 0.15) is 34.2 Å². The monoisotopic (exact) mass is 363 g/mol. The summed E-state index contributed by atoms with van der Waals surface area (Å²) in [5.41, 5.74) is 12.5. The van der Waals surface area contributed by atoms with E-state index in [1.807, 2.05) is 49.4 Å². The quantitative estimate of drug-likeness (QED) is 0.591. The van der Waals surface area contributed by atoms with E-state index in [0.717, 1.165) is 33.4 Å². The molecule has 2 N–H and O–H groups in total. The van der Waals surface area contributed by atoms with E-state index in [1.54, 1.807) is 6.07 Å². The Morgan fingerprint density at radius 1 is 0.926 bits per heavy atom. The number of halogens is 2. The van der Waals surface area contributed by atoms with Crippen molar-refractivity contribution in [2.24, 2.45) is 0 Å². The summed E-state index contributed by atoms with van der Waals surface area (Å²) in [7, 11) is 0. The molecule has 3 aromatic carbocycles. The lowest BCUT2D eigenvalue weighted by molar-refractivity contribution is 0.151. The first-order valence-corrected chi connectivity index (χ1v) is 8.74. The van der Waals surface area contributed by atoms with Crippen LogP contribution in [0.2, 0.25) is 0 Å². The Balaban J connectivity index is 1.95. The van der Waals surface area contributed by atoms with Crippen molar-refractivity contribution < 1.29 is 13.5 Å². The summed E-state index contributed by atoms with van der Waals surface area (Å²) in [5.74, 6) is 0.482. The Morgan fingerprint density at radius 3 is 2.41 bits per heavy atom. The molecule has 0 saturated carbocycles. The topological polar surface area (TPSA) is 35.2 Å². The van der Waals surface area contributed by atoms with Gasteiger partial charge >= 0.3 is 0 Å². The maximum absolute atomic E-state index is 13.1. The largest absolute Gasteiger partial charge is 0.488 e. The van der Waals surface area contributed by atoms with E-state index < -0.39 is 6.43 Å². The van der Waals surface area contributed by atoms with Crippen molar-refractivity contribution in [3.63, 3.8) is 0 Å². The first-order chi connectivity index (χ1) is 13.0. The van der Waals surface area contributed by atoms with Crippen molar-refractivity contribution >= 4 is 16.8 Å². The Morgan fingerprint density at radius 2 is 1.70 bits per heavy atom. The van der Waals surface area contributed by atoms with E-state index in [1.165, 1.54) is 12.1 Å². The number of alkyl halides is 2. The number of nitrogen functional groups attached to an aromatic ring is 1. The molecule has 0 amide bonds. The van der Waals surface area contributed by atoms with Crippen LogP contribution in [0.15, 0.2) is 66.7 Å². The van der Waals surface area contributed by atoms with Gasteiger partial charge in [-0.3, -0.25) is 0 Å². The summed E-state index contributed by atoms with van der Waals surface area (Å²) < 4.78 is 32.1. The molecule has 3 aromatic rings. The molecule has 136 valence electrons. The van der Waals surface area contributed by atoms with Crippen LogP contribution in [0.3, 0.4) is 0 Å².